The molecule has 1 aromatic heterocycles. The van der Waals surface area contributed by atoms with Crippen LogP contribution < -0.4 is 16.0 Å². The van der Waals surface area contributed by atoms with E-state index in [1.165, 1.54) is 0 Å². The average molecular weight is 566 g/mol. The first kappa shape index (κ1) is 23.8. The second kappa shape index (κ2) is 12.3. The predicted molar refractivity (Wildman–Crippen MR) is 126 cm³/mol. The van der Waals surface area contributed by atoms with Crippen LogP contribution in [-0.4, -0.2) is 37.0 Å². The fourth-order valence-corrected chi connectivity index (χ4v) is 3.43. The summed E-state index contributed by atoms with van der Waals surface area (Å²) in [4.78, 5) is 20.8. The van der Waals surface area contributed by atoms with Crippen molar-refractivity contribution in [3.8, 4) is 0 Å². The van der Waals surface area contributed by atoms with Crippen molar-refractivity contribution in [2.24, 2.45) is 4.99 Å². The van der Waals surface area contributed by atoms with Crippen LogP contribution in [-0.2, 0) is 6.54 Å². The molecule has 0 bridgehead atoms. The third kappa shape index (κ3) is 8.14. The Morgan fingerprint density at radius 3 is 2.63 bits per heavy atom. The molecule has 0 aliphatic carbocycles. The Hall–Kier alpha value is -1.20. The first-order chi connectivity index (χ1) is 12.5. The van der Waals surface area contributed by atoms with Gasteiger partial charge in [0.05, 0.1) is 12.2 Å². The van der Waals surface area contributed by atoms with Crippen LogP contribution in [0.4, 0.5) is 0 Å². The molecular formula is C18H25BrIN5OS. The van der Waals surface area contributed by atoms with Gasteiger partial charge < -0.3 is 16.0 Å². The lowest BCUT2D eigenvalue weighted by Crippen LogP contribution is -2.41. The van der Waals surface area contributed by atoms with Crippen LogP contribution in [0.5, 0.6) is 0 Å². The normalized spacial score (nSPS) is 11.1. The second-order valence-corrected chi connectivity index (χ2v) is 7.80. The lowest BCUT2D eigenvalue weighted by molar-refractivity contribution is 0.0954. The first-order valence-electron chi connectivity index (χ1n) is 8.42. The molecule has 3 N–H and O–H groups in total. The third-order valence-electron chi connectivity index (χ3n) is 3.58. The summed E-state index contributed by atoms with van der Waals surface area (Å²) in [6.45, 7) is 5.97. The lowest BCUT2D eigenvalue weighted by Gasteiger charge is -2.11. The van der Waals surface area contributed by atoms with E-state index >= 15 is 0 Å². The van der Waals surface area contributed by atoms with Gasteiger partial charge in [0.15, 0.2) is 5.96 Å². The van der Waals surface area contributed by atoms with Crippen molar-refractivity contribution in [3.63, 3.8) is 0 Å². The number of thiazole rings is 1. The standard InChI is InChI=1S/C18H24BrN5OS.HI/c1-12(2)15-11-26-16(24-15)10-23-18(20-3)22-8-7-21-17(25)13-5-4-6-14(19)9-13;/h4-6,9,11-12H,7-8,10H2,1-3H3,(H,21,25)(H2,20,22,23);1H. The van der Waals surface area contributed by atoms with Crippen LogP contribution in [0.3, 0.4) is 0 Å². The predicted octanol–water partition coefficient (Wildman–Crippen LogP) is 3.74. The van der Waals surface area contributed by atoms with Crippen molar-refractivity contribution in [1.29, 1.82) is 0 Å². The lowest BCUT2D eigenvalue weighted by atomic mass is 10.2. The van der Waals surface area contributed by atoms with Crippen molar-refractivity contribution in [2.75, 3.05) is 20.1 Å². The molecule has 2 aromatic rings. The van der Waals surface area contributed by atoms with Crippen molar-refractivity contribution in [2.45, 2.75) is 26.3 Å². The highest BCUT2D eigenvalue weighted by Gasteiger charge is 2.07. The SMILES string of the molecule is CN=C(NCCNC(=O)c1cccc(Br)c1)NCc1nc(C(C)C)cs1.I. The number of aromatic nitrogens is 1. The molecule has 1 aromatic carbocycles. The summed E-state index contributed by atoms with van der Waals surface area (Å²) in [5.41, 5.74) is 1.75. The van der Waals surface area contributed by atoms with Gasteiger partial charge in [0.25, 0.3) is 5.91 Å². The summed E-state index contributed by atoms with van der Waals surface area (Å²) < 4.78 is 0.885. The van der Waals surface area contributed by atoms with Crippen LogP contribution in [0.1, 0.15) is 40.8 Å². The van der Waals surface area contributed by atoms with Gasteiger partial charge in [-0.05, 0) is 24.1 Å². The number of nitrogens with zero attached hydrogens (tertiary/aromatic N) is 2. The maximum absolute atomic E-state index is 12.1. The van der Waals surface area contributed by atoms with Crippen LogP contribution in [0, 0.1) is 0 Å². The van der Waals surface area contributed by atoms with Gasteiger partial charge in [-0.15, -0.1) is 35.3 Å². The van der Waals surface area contributed by atoms with Gasteiger partial charge in [0.1, 0.15) is 5.01 Å². The number of benzene rings is 1. The van der Waals surface area contributed by atoms with E-state index in [4.69, 9.17) is 0 Å². The molecule has 0 atom stereocenters. The summed E-state index contributed by atoms with van der Waals surface area (Å²) in [6.07, 6.45) is 0. The third-order valence-corrected chi connectivity index (χ3v) is 4.94. The van der Waals surface area contributed by atoms with E-state index in [2.05, 4.69) is 61.1 Å². The van der Waals surface area contributed by atoms with Crippen LogP contribution in [0.15, 0.2) is 39.1 Å². The molecule has 9 heteroatoms. The van der Waals surface area contributed by atoms with E-state index in [0.29, 0.717) is 37.1 Å². The van der Waals surface area contributed by atoms with Crippen molar-refractivity contribution < 1.29 is 4.79 Å². The summed E-state index contributed by atoms with van der Waals surface area (Å²) in [7, 11) is 1.72. The molecular weight excluding hydrogens is 541 g/mol. The van der Waals surface area contributed by atoms with Crippen molar-refractivity contribution >= 4 is 63.1 Å². The number of amides is 1. The summed E-state index contributed by atoms with van der Waals surface area (Å²) >= 11 is 5.01. The number of carbonyl (C=O) groups excluding carboxylic acids is 1. The maximum Gasteiger partial charge on any atom is 0.251 e. The van der Waals surface area contributed by atoms with Gasteiger partial charge in [-0.1, -0.05) is 35.8 Å². The zero-order valence-electron chi connectivity index (χ0n) is 15.6. The van der Waals surface area contributed by atoms with Crippen LogP contribution >= 0.6 is 51.2 Å². The van der Waals surface area contributed by atoms with E-state index < -0.39 is 0 Å². The number of hydrogen-bond acceptors (Lipinski definition) is 4. The van der Waals surface area contributed by atoms with E-state index in [9.17, 15) is 4.79 Å². The molecule has 0 radical (unpaired) electrons. The molecule has 1 amide bonds. The fraction of sp³-hybridized carbons (Fsp3) is 0.389. The quantitative estimate of drug-likeness (QED) is 0.207. The van der Waals surface area contributed by atoms with Gasteiger partial charge in [-0.2, -0.15) is 0 Å². The van der Waals surface area contributed by atoms with E-state index in [0.717, 1.165) is 15.2 Å². The number of guanidine groups is 1. The Labute approximate surface area is 189 Å². The molecule has 0 spiro atoms. The molecule has 0 fully saturated rings. The Bertz CT molecular complexity index is 766. The van der Waals surface area contributed by atoms with E-state index in [1.807, 2.05) is 12.1 Å². The van der Waals surface area contributed by atoms with E-state index in [1.54, 1.807) is 30.5 Å². The van der Waals surface area contributed by atoms with E-state index in [-0.39, 0.29) is 29.9 Å². The van der Waals surface area contributed by atoms with Gasteiger partial charge in [-0.3, -0.25) is 9.79 Å². The highest BCUT2D eigenvalue weighted by atomic mass is 127. The molecule has 27 heavy (non-hydrogen) atoms. The number of rotatable bonds is 7. The summed E-state index contributed by atoms with van der Waals surface area (Å²) in [6, 6.07) is 7.31. The molecule has 1 heterocycles. The molecule has 0 aliphatic heterocycles. The zero-order valence-corrected chi connectivity index (χ0v) is 20.3. The second-order valence-electron chi connectivity index (χ2n) is 5.94. The molecule has 6 nitrogen and oxygen atoms in total. The molecule has 148 valence electrons. The number of carbonyl (C=O) groups is 1. The first-order valence-corrected chi connectivity index (χ1v) is 10.1. The monoisotopic (exact) mass is 565 g/mol. The molecule has 2 rings (SSSR count). The van der Waals surface area contributed by atoms with Crippen LogP contribution in [0.2, 0.25) is 0 Å². The molecule has 0 saturated heterocycles. The minimum Gasteiger partial charge on any atom is -0.355 e. The maximum atomic E-state index is 12.1. The zero-order chi connectivity index (χ0) is 18.9. The minimum atomic E-state index is -0.0972. The highest BCUT2D eigenvalue weighted by Crippen LogP contribution is 2.17. The minimum absolute atomic E-state index is 0. The van der Waals surface area contributed by atoms with Crippen molar-refractivity contribution in [1.82, 2.24) is 20.9 Å². The summed E-state index contributed by atoms with van der Waals surface area (Å²) in [5.74, 6) is 1.02. The van der Waals surface area contributed by atoms with Gasteiger partial charge in [0, 0.05) is 35.6 Å². The van der Waals surface area contributed by atoms with Gasteiger partial charge >= 0.3 is 0 Å². The Balaban J connectivity index is 0.00000364. The average Bonchev–Trinajstić information content (AvgIpc) is 3.10. The van der Waals surface area contributed by atoms with Gasteiger partial charge in [-0.25, -0.2) is 4.98 Å². The molecule has 0 aliphatic rings. The topological polar surface area (TPSA) is 78.4 Å². The molecule has 0 unspecified atom stereocenters. The smallest absolute Gasteiger partial charge is 0.251 e. The van der Waals surface area contributed by atoms with Gasteiger partial charge in [0.2, 0.25) is 0 Å². The number of aliphatic imine (C=N–C) groups is 1. The van der Waals surface area contributed by atoms with Crippen LogP contribution in [0.25, 0.3) is 0 Å². The Morgan fingerprint density at radius 1 is 1.26 bits per heavy atom. The summed E-state index contributed by atoms with van der Waals surface area (Å²) in [5, 5.41) is 12.4. The molecule has 0 saturated carbocycles. The van der Waals surface area contributed by atoms with Crippen molar-refractivity contribution in [3.05, 3.63) is 50.4 Å². The Kier molecular flexibility index (Phi) is 10.9. The largest absolute Gasteiger partial charge is 0.355 e. The number of hydrogen-bond donors (Lipinski definition) is 3. The number of nitrogens with one attached hydrogen (secondary N) is 3. The Morgan fingerprint density at radius 2 is 2.00 bits per heavy atom. The highest BCUT2D eigenvalue weighted by molar-refractivity contribution is 14.0. The fourth-order valence-electron chi connectivity index (χ4n) is 2.14. The number of halogens is 2.